The summed E-state index contributed by atoms with van der Waals surface area (Å²) in [6.07, 6.45) is 2.96. The Bertz CT molecular complexity index is 325. The molecule has 0 saturated carbocycles. The molecular weight excluding hydrogens is 196 g/mol. The molecule has 1 aromatic rings. The van der Waals surface area contributed by atoms with Crippen LogP contribution in [0.25, 0.3) is 0 Å². The number of nitrogens with two attached hydrogens (primary N) is 1. The molecule has 6 heteroatoms. The molecule has 0 aromatic carbocycles. The maximum Gasteiger partial charge on any atom is 0.305 e. The SMILES string of the molecule is CCNc1ncc(C(N)CC(=O)O)cn1. The van der Waals surface area contributed by atoms with Crippen LogP contribution in [0.3, 0.4) is 0 Å². The summed E-state index contributed by atoms with van der Waals surface area (Å²) in [5.74, 6) is -0.415. The van der Waals surface area contributed by atoms with Gasteiger partial charge in [0.2, 0.25) is 5.95 Å². The average Bonchev–Trinajstić information content (AvgIpc) is 2.18. The summed E-state index contributed by atoms with van der Waals surface area (Å²) in [5, 5.41) is 11.5. The lowest BCUT2D eigenvalue weighted by Crippen LogP contribution is -2.16. The van der Waals surface area contributed by atoms with Crippen molar-refractivity contribution in [1.82, 2.24) is 9.97 Å². The Balaban J connectivity index is 2.66. The lowest BCUT2D eigenvalue weighted by Gasteiger charge is -2.08. The van der Waals surface area contributed by atoms with Gasteiger partial charge in [0, 0.05) is 30.5 Å². The highest BCUT2D eigenvalue weighted by atomic mass is 16.4. The summed E-state index contributed by atoms with van der Waals surface area (Å²) >= 11 is 0. The number of hydrogen-bond acceptors (Lipinski definition) is 5. The van der Waals surface area contributed by atoms with Crippen molar-refractivity contribution >= 4 is 11.9 Å². The Hall–Kier alpha value is -1.69. The molecule has 0 aliphatic rings. The van der Waals surface area contributed by atoms with Gasteiger partial charge in [-0.2, -0.15) is 0 Å². The predicted molar refractivity (Wildman–Crippen MR) is 55.4 cm³/mol. The van der Waals surface area contributed by atoms with Crippen LogP contribution in [0.1, 0.15) is 24.9 Å². The van der Waals surface area contributed by atoms with Gasteiger partial charge in [-0.1, -0.05) is 0 Å². The summed E-state index contributed by atoms with van der Waals surface area (Å²) < 4.78 is 0. The number of aliphatic carboxylic acids is 1. The molecule has 4 N–H and O–H groups in total. The van der Waals surface area contributed by atoms with Crippen LogP contribution in [0.5, 0.6) is 0 Å². The van der Waals surface area contributed by atoms with Gasteiger partial charge < -0.3 is 16.2 Å². The van der Waals surface area contributed by atoms with Crippen LogP contribution in [0.15, 0.2) is 12.4 Å². The fourth-order valence-electron chi connectivity index (χ4n) is 1.08. The van der Waals surface area contributed by atoms with Gasteiger partial charge in [-0.25, -0.2) is 9.97 Å². The molecule has 6 nitrogen and oxygen atoms in total. The highest BCUT2D eigenvalue weighted by molar-refractivity contribution is 5.67. The first-order chi connectivity index (χ1) is 7.13. The minimum Gasteiger partial charge on any atom is -0.481 e. The van der Waals surface area contributed by atoms with E-state index in [1.54, 1.807) is 12.4 Å². The van der Waals surface area contributed by atoms with Crippen molar-refractivity contribution < 1.29 is 9.90 Å². The first-order valence-electron chi connectivity index (χ1n) is 4.66. The normalized spacial score (nSPS) is 12.1. The fraction of sp³-hybridized carbons (Fsp3) is 0.444. The molecule has 1 heterocycles. The number of carboxylic acid groups (broad SMARTS) is 1. The van der Waals surface area contributed by atoms with E-state index in [-0.39, 0.29) is 6.42 Å². The van der Waals surface area contributed by atoms with E-state index >= 15 is 0 Å². The van der Waals surface area contributed by atoms with Crippen LogP contribution in [-0.2, 0) is 4.79 Å². The third-order valence-corrected chi connectivity index (χ3v) is 1.83. The lowest BCUT2D eigenvalue weighted by molar-refractivity contribution is -0.137. The third kappa shape index (κ3) is 3.51. The first kappa shape index (κ1) is 11.4. The van der Waals surface area contributed by atoms with Gasteiger partial charge in [0.05, 0.1) is 6.42 Å². The Morgan fingerprint density at radius 2 is 2.20 bits per heavy atom. The van der Waals surface area contributed by atoms with Crippen LogP contribution < -0.4 is 11.1 Å². The van der Waals surface area contributed by atoms with Crippen molar-refractivity contribution in [2.45, 2.75) is 19.4 Å². The Labute approximate surface area is 87.5 Å². The quantitative estimate of drug-likeness (QED) is 0.649. The van der Waals surface area contributed by atoms with Crippen LogP contribution in [0.2, 0.25) is 0 Å². The van der Waals surface area contributed by atoms with E-state index in [2.05, 4.69) is 15.3 Å². The van der Waals surface area contributed by atoms with Crippen molar-refractivity contribution in [1.29, 1.82) is 0 Å². The van der Waals surface area contributed by atoms with Crippen LogP contribution in [-0.4, -0.2) is 27.6 Å². The molecule has 82 valence electrons. The van der Waals surface area contributed by atoms with E-state index in [9.17, 15) is 4.79 Å². The third-order valence-electron chi connectivity index (χ3n) is 1.83. The van der Waals surface area contributed by atoms with E-state index in [1.165, 1.54) is 0 Å². The summed E-state index contributed by atoms with van der Waals surface area (Å²) in [4.78, 5) is 18.4. The van der Waals surface area contributed by atoms with Crippen molar-refractivity contribution in [3.8, 4) is 0 Å². The maximum absolute atomic E-state index is 10.4. The second kappa shape index (κ2) is 5.26. The molecule has 0 bridgehead atoms. The van der Waals surface area contributed by atoms with Gasteiger partial charge in [0.1, 0.15) is 0 Å². The van der Waals surface area contributed by atoms with Crippen molar-refractivity contribution in [2.75, 3.05) is 11.9 Å². The Morgan fingerprint density at radius 3 is 2.67 bits per heavy atom. The highest BCUT2D eigenvalue weighted by Gasteiger charge is 2.11. The molecule has 1 atom stereocenters. The van der Waals surface area contributed by atoms with Gasteiger partial charge in [-0.3, -0.25) is 4.79 Å². The minimum atomic E-state index is -0.932. The zero-order valence-corrected chi connectivity index (χ0v) is 8.47. The summed E-state index contributed by atoms with van der Waals surface area (Å²) in [6.45, 7) is 2.67. The Morgan fingerprint density at radius 1 is 1.60 bits per heavy atom. The molecule has 1 unspecified atom stereocenters. The molecule has 1 rings (SSSR count). The fourth-order valence-corrected chi connectivity index (χ4v) is 1.08. The molecule has 0 amide bonds. The van der Waals surface area contributed by atoms with E-state index in [1.807, 2.05) is 6.92 Å². The molecule has 1 aromatic heterocycles. The lowest BCUT2D eigenvalue weighted by atomic mass is 10.1. The van der Waals surface area contributed by atoms with E-state index < -0.39 is 12.0 Å². The molecular formula is C9H14N4O2. The van der Waals surface area contributed by atoms with Crippen LogP contribution in [0.4, 0.5) is 5.95 Å². The molecule has 0 radical (unpaired) electrons. The standard InChI is InChI=1S/C9H14N4O2/c1-2-11-9-12-4-6(5-13-9)7(10)3-8(14)15/h4-5,7H,2-3,10H2,1H3,(H,14,15)(H,11,12,13). The largest absolute Gasteiger partial charge is 0.481 e. The maximum atomic E-state index is 10.4. The minimum absolute atomic E-state index is 0.121. The van der Waals surface area contributed by atoms with Crippen molar-refractivity contribution in [2.24, 2.45) is 5.73 Å². The smallest absolute Gasteiger partial charge is 0.305 e. The second-order valence-electron chi connectivity index (χ2n) is 3.07. The predicted octanol–water partition coefficient (Wildman–Crippen LogP) is 0.383. The Kier molecular flexibility index (Phi) is 3.99. The van der Waals surface area contributed by atoms with Gasteiger partial charge in [-0.15, -0.1) is 0 Å². The number of nitrogens with zero attached hydrogens (tertiary/aromatic N) is 2. The average molecular weight is 210 g/mol. The second-order valence-corrected chi connectivity index (χ2v) is 3.07. The van der Waals surface area contributed by atoms with Gasteiger partial charge >= 0.3 is 5.97 Å². The zero-order valence-electron chi connectivity index (χ0n) is 8.47. The van der Waals surface area contributed by atoms with E-state index in [4.69, 9.17) is 10.8 Å². The topological polar surface area (TPSA) is 101 Å². The molecule has 0 aliphatic carbocycles. The number of nitrogens with one attached hydrogen (secondary N) is 1. The monoisotopic (exact) mass is 210 g/mol. The number of carboxylic acids is 1. The van der Waals surface area contributed by atoms with Crippen molar-refractivity contribution in [3.05, 3.63) is 18.0 Å². The highest BCUT2D eigenvalue weighted by Crippen LogP contribution is 2.12. The van der Waals surface area contributed by atoms with E-state index in [0.717, 1.165) is 6.54 Å². The number of aromatic nitrogens is 2. The molecule has 0 fully saturated rings. The van der Waals surface area contributed by atoms with Crippen LogP contribution in [0, 0.1) is 0 Å². The van der Waals surface area contributed by atoms with Crippen LogP contribution >= 0.6 is 0 Å². The molecule has 15 heavy (non-hydrogen) atoms. The molecule has 0 saturated heterocycles. The zero-order chi connectivity index (χ0) is 11.3. The number of anilines is 1. The van der Waals surface area contributed by atoms with Gasteiger partial charge in [-0.05, 0) is 6.92 Å². The number of carbonyl (C=O) groups is 1. The molecule has 0 spiro atoms. The molecule has 0 aliphatic heterocycles. The van der Waals surface area contributed by atoms with Gasteiger partial charge in [0.25, 0.3) is 0 Å². The first-order valence-corrected chi connectivity index (χ1v) is 4.66. The van der Waals surface area contributed by atoms with Crippen molar-refractivity contribution in [3.63, 3.8) is 0 Å². The summed E-state index contributed by atoms with van der Waals surface area (Å²) in [5.41, 5.74) is 6.26. The summed E-state index contributed by atoms with van der Waals surface area (Å²) in [6, 6.07) is -0.557. The van der Waals surface area contributed by atoms with E-state index in [0.29, 0.717) is 11.5 Å². The summed E-state index contributed by atoms with van der Waals surface area (Å²) in [7, 11) is 0. The number of rotatable bonds is 5. The van der Waals surface area contributed by atoms with Gasteiger partial charge in [0.15, 0.2) is 0 Å². The number of hydrogen-bond donors (Lipinski definition) is 3.